The number of hydrogen-bond acceptors (Lipinski definition) is 4. The maximum atomic E-state index is 11.8. The van der Waals surface area contributed by atoms with Crippen molar-refractivity contribution >= 4 is 11.9 Å². The molecule has 0 radical (unpaired) electrons. The van der Waals surface area contributed by atoms with Crippen molar-refractivity contribution in [2.24, 2.45) is 5.92 Å². The fraction of sp³-hybridized carbons (Fsp3) is 0.667. The van der Waals surface area contributed by atoms with Gasteiger partial charge in [-0.1, -0.05) is 50.7 Å². The number of allylic oxidation sites excluding steroid dienone is 3. The van der Waals surface area contributed by atoms with E-state index >= 15 is 0 Å². The van der Waals surface area contributed by atoms with Crippen LogP contribution in [0.25, 0.3) is 0 Å². The second kappa shape index (κ2) is 11.0. The van der Waals surface area contributed by atoms with Crippen LogP contribution in [0.15, 0.2) is 24.0 Å². The van der Waals surface area contributed by atoms with Gasteiger partial charge in [0.25, 0.3) is 0 Å². The summed E-state index contributed by atoms with van der Waals surface area (Å²) in [6.45, 7) is 1.41. The van der Waals surface area contributed by atoms with Gasteiger partial charge in [-0.05, 0) is 18.9 Å². The topological polar surface area (TPSA) is 52.6 Å². The largest absolute Gasteiger partial charge is 0.469 e. The lowest BCUT2D eigenvalue weighted by atomic mass is 9.98. The molecule has 0 spiro atoms. The zero-order valence-corrected chi connectivity index (χ0v) is 13.8. The second-order valence-electron chi connectivity index (χ2n) is 5.75. The molecule has 1 atom stereocenters. The number of rotatable bonds is 2. The highest BCUT2D eigenvalue weighted by atomic mass is 16.5. The minimum absolute atomic E-state index is 0.203. The van der Waals surface area contributed by atoms with Crippen LogP contribution in [0.3, 0.4) is 0 Å². The number of ether oxygens (including phenoxy) is 2. The molecule has 1 rings (SSSR count). The van der Waals surface area contributed by atoms with Crippen LogP contribution in [0.1, 0.15) is 64.7 Å². The second-order valence-corrected chi connectivity index (χ2v) is 5.75. The van der Waals surface area contributed by atoms with E-state index in [1.807, 2.05) is 12.2 Å². The predicted molar refractivity (Wildman–Crippen MR) is 86.0 cm³/mol. The SMILES string of the molecule is COC(=O)C1/C=C\C=C(\OC(C)=O)CCCCCCCCC1. The number of carbonyl (C=O) groups excluding carboxylic acids is 2. The Morgan fingerprint density at radius 3 is 2.32 bits per heavy atom. The summed E-state index contributed by atoms with van der Waals surface area (Å²) in [4.78, 5) is 22.9. The normalized spacial score (nSPS) is 25.2. The standard InChI is InChI=1S/C18H28O4/c1-15(19)22-17-13-9-7-5-3-4-6-8-11-16(12-10-14-17)18(20)21-2/h10,12,14,16H,3-9,11,13H2,1-2H3/b12-10-,17-14+. The molecule has 0 aromatic carbocycles. The maximum absolute atomic E-state index is 11.8. The lowest BCUT2D eigenvalue weighted by Crippen LogP contribution is -2.13. The van der Waals surface area contributed by atoms with Gasteiger partial charge in [-0.2, -0.15) is 0 Å². The van der Waals surface area contributed by atoms with Crippen molar-refractivity contribution < 1.29 is 19.1 Å². The Labute approximate surface area is 133 Å². The van der Waals surface area contributed by atoms with Crippen molar-refractivity contribution in [3.05, 3.63) is 24.0 Å². The Balaban J connectivity index is 2.77. The lowest BCUT2D eigenvalue weighted by Gasteiger charge is -2.11. The molecule has 124 valence electrons. The molecule has 1 unspecified atom stereocenters. The average Bonchev–Trinajstić information content (AvgIpc) is 2.49. The van der Waals surface area contributed by atoms with Crippen LogP contribution in [0.2, 0.25) is 0 Å². The Morgan fingerprint density at radius 2 is 1.68 bits per heavy atom. The van der Waals surface area contributed by atoms with Crippen molar-refractivity contribution in [2.45, 2.75) is 64.7 Å². The van der Waals surface area contributed by atoms with Crippen molar-refractivity contribution in [3.63, 3.8) is 0 Å². The molecule has 0 aromatic heterocycles. The highest BCUT2D eigenvalue weighted by Gasteiger charge is 2.15. The molecular formula is C18H28O4. The molecule has 22 heavy (non-hydrogen) atoms. The summed E-state index contributed by atoms with van der Waals surface area (Å²) in [5, 5.41) is 0. The van der Waals surface area contributed by atoms with Crippen LogP contribution in [-0.2, 0) is 19.1 Å². The molecule has 1 aliphatic carbocycles. The average molecular weight is 308 g/mol. The van der Waals surface area contributed by atoms with Crippen LogP contribution in [0.5, 0.6) is 0 Å². The van der Waals surface area contributed by atoms with E-state index in [0.29, 0.717) is 5.76 Å². The van der Waals surface area contributed by atoms with Gasteiger partial charge in [0, 0.05) is 13.3 Å². The summed E-state index contributed by atoms with van der Waals surface area (Å²) >= 11 is 0. The van der Waals surface area contributed by atoms with Crippen molar-refractivity contribution in [1.29, 1.82) is 0 Å². The molecule has 4 nitrogen and oxygen atoms in total. The summed E-state index contributed by atoms with van der Waals surface area (Å²) in [5.74, 6) is -0.0525. The molecule has 0 bridgehead atoms. The van der Waals surface area contributed by atoms with Gasteiger partial charge in [0.1, 0.15) is 5.76 Å². The molecule has 4 heteroatoms. The van der Waals surface area contributed by atoms with Gasteiger partial charge in [-0.3, -0.25) is 9.59 Å². The number of esters is 2. The Bertz CT molecular complexity index is 409. The first-order valence-corrected chi connectivity index (χ1v) is 8.27. The van der Waals surface area contributed by atoms with Crippen molar-refractivity contribution in [2.75, 3.05) is 7.11 Å². The van der Waals surface area contributed by atoms with E-state index in [9.17, 15) is 9.59 Å². The minimum Gasteiger partial charge on any atom is -0.469 e. The van der Waals surface area contributed by atoms with E-state index < -0.39 is 0 Å². The third kappa shape index (κ3) is 8.01. The lowest BCUT2D eigenvalue weighted by molar-refractivity contribution is -0.144. The Hall–Kier alpha value is -1.58. The highest BCUT2D eigenvalue weighted by Crippen LogP contribution is 2.18. The van der Waals surface area contributed by atoms with Gasteiger partial charge in [0.05, 0.1) is 13.0 Å². The smallest absolute Gasteiger partial charge is 0.312 e. The molecule has 0 amide bonds. The molecule has 0 saturated carbocycles. The fourth-order valence-corrected chi connectivity index (χ4v) is 2.64. The number of hydrogen-bond donors (Lipinski definition) is 0. The summed E-state index contributed by atoms with van der Waals surface area (Å²) in [6.07, 6.45) is 15.0. The first kappa shape index (κ1) is 18.5. The quantitative estimate of drug-likeness (QED) is 0.714. The Kier molecular flexibility index (Phi) is 9.28. The van der Waals surface area contributed by atoms with Gasteiger partial charge in [0.15, 0.2) is 0 Å². The molecule has 0 fully saturated rings. The molecule has 1 aliphatic rings. The van der Waals surface area contributed by atoms with E-state index in [2.05, 4.69) is 0 Å². The molecular weight excluding hydrogens is 280 g/mol. The third-order valence-electron chi connectivity index (χ3n) is 3.84. The van der Waals surface area contributed by atoms with Crippen LogP contribution >= 0.6 is 0 Å². The summed E-state index contributed by atoms with van der Waals surface area (Å²) in [7, 11) is 1.42. The van der Waals surface area contributed by atoms with Gasteiger partial charge in [-0.25, -0.2) is 0 Å². The predicted octanol–water partition coefficient (Wildman–Crippen LogP) is 4.30. The van der Waals surface area contributed by atoms with E-state index in [1.165, 1.54) is 33.3 Å². The van der Waals surface area contributed by atoms with E-state index in [0.717, 1.165) is 38.5 Å². The van der Waals surface area contributed by atoms with Crippen LogP contribution in [-0.4, -0.2) is 19.0 Å². The molecule has 0 N–H and O–H groups in total. The van der Waals surface area contributed by atoms with E-state index in [-0.39, 0.29) is 17.9 Å². The summed E-state index contributed by atoms with van der Waals surface area (Å²) in [6, 6.07) is 0. The Morgan fingerprint density at radius 1 is 1.05 bits per heavy atom. The van der Waals surface area contributed by atoms with E-state index in [4.69, 9.17) is 9.47 Å². The molecule has 0 heterocycles. The van der Waals surface area contributed by atoms with Gasteiger partial charge in [-0.15, -0.1) is 0 Å². The molecule has 0 aliphatic heterocycles. The first-order chi connectivity index (χ1) is 10.6. The number of methoxy groups -OCH3 is 1. The zero-order valence-electron chi connectivity index (χ0n) is 13.8. The number of carbonyl (C=O) groups is 2. The third-order valence-corrected chi connectivity index (χ3v) is 3.84. The van der Waals surface area contributed by atoms with Crippen LogP contribution in [0.4, 0.5) is 0 Å². The molecule has 0 saturated heterocycles. The van der Waals surface area contributed by atoms with Crippen molar-refractivity contribution in [3.8, 4) is 0 Å². The maximum Gasteiger partial charge on any atom is 0.312 e. The van der Waals surface area contributed by atoms with Crippen LogP contribution < -0.4 is 0 Å². The van der Waals surface area contributed by atoms with Gasteiger partial charge in [0.2, 0.25) is 0 Å². The van der Waals surface area contributed by atoms with Crippen LogP contribution in [0, 0.1) is 5.92 Å². The fourth-order valence-electron chi connectivity index (χ4n) is 2.64. The monoisotopic (exact) mass is 308 g/mol. The van der Waals surface area contributed by atoms with Gasteiger partial charge >= 0.3 is 11.9 Å². The molecule has 0 aromatic rings. The van der Waals surface area contributed by atoms with Crippen molar-refractivity contribution in [1.82, 2.24) is 0 Å². The summed E-state index contributed by atoms with van der Waals surface area (Å²) < 4.78 is 10.1. The van der Waals surface area contributed by atoms with E-state index in [1.54, 1.807) is 6.08 Å². The van der Waals surface area contributed by atoms with Gasteiger partial charge < -0.3 is 9.47 Å². The summed E-state index contributed by atoms with van der Waals surface area (Å²) in [5.41, 5.74) is 0. The highest BCUT2D eigenvalue weighted by molar-refractivity contribution is 5.74. The zero-order chi connectivity index (χ0) is 16.2. The first-order valence-electron chi connectivity index (χ1n) is 8.27. The minimum atomic E-state index is -0.301.